The fourth-order valence-corrected chi connectivity index (χ4v) is 4.06. The zero-order chi connectivity index (χ0) is 37.0. The third-order valence-electron chi connectivity index (χ3n) is 6.31. The van der Waals surface area contributed by atoms with Crippen LogP contribution >= 0.6 is 0 Å². The molecule has 0 bridgehead atoms. The van der Waals surface area contributed by atoms with Gasteiger partial charge in [-0.15, -0.1) is 0 Å². The smallest absolute Gasteiger partial charge is 0.490 e. The summed E-state index contributed by atoms with van der Waals surface area (Å²) < 4.78 is 38.1. The van der Waals surface area contributed by atoms with Crippen molar-refractivity contribution in [3.63, 3.8) is 0 Å². The molecule has 4 rings (SSSR count). The average molecular weight is 699 g/mol. The number of aromatic nitrogens is 3. The van der Waals surface area contributed by atoms with Crippen molar-refractivity contribution in [2.24, 2.45) is 0 Å². The zero-order valence-corrected chi connectivity index (χ0v) is 26.6. The van der Waals surface area contributed by atoms with Gasteiger partial charge in [0.25, 0.3) is 5.56 Å². The number of nitrogen functional groups attached to an aromatic ring is 1. The van der Waals surface area contributed by atoms with Crippen LogP contribution in [0.3, 0.4) is 0 Å². The number of anilines is 2. The molecule has 2 heterocycles. The minimum Gasteiger partial charge on any atom is -0.508 e. The number of carbonyl (C=O) groups excluding carboxylic acids is 2. The van der Waals surface area contributed by atoms with Crippen LogP contribution in [0.25, 0.3) is 11.3 Å². The molecule has 264 valence electrons. The van der Waals surface area contributed by atoms with Gasteiger partial charge in [0.05, 0.1) is 11.9 Å². The highest BCUT2D eigenvalue weighted by Crippen LogP contribution is 2.26. The first-order valence-corrected chi connectivity index (χ1v) is 14.6. The number of carbonyl (C=O) groups is 3. The van der Waals surface area contributed by atoms with Gasteiger partial charge in [-0.3, -0.25) is 29.9 Å². The van der Waals surface area contributed by atoms with Crippen molar-refractivity contribution in [1.82, 2.24) is 25.2 Å². The van der Waals surface area contributed by atoms with Gasteiger partial charge in [-0.2, -0.15) is 13.2 Å². The van der Waals surface area contributed by atoms with Crippen LogP contribution in [0.5, 0.6) is 5.75 Å². The summed E-state index contributed by atoms with van der Waals surface area (Å²) in [5.41, 5.74) is 8.30. The number of hydrogen-bond donors (Lipinski definition) is 7. The number of aromatic hydroxyl groups is 1. The molecule has 0 spiro atoms. The summed E-state index contributed by atoms with van der Waals surface area (Å²) in [6, 6.07) is 14.5. The molecular formula is C32H33F3N8O7. The Labute approximate surface area is 282 Å². The van der Waals surface area contributed by atoms with Gasteiger partial charge in [-0.25, -0.2) is 14.6 Å². The van der Waals surface area contributed by atoms with Crippen LogP contribution in [0.15, 0.2) is 78.0 Å². The van der Waals surface area contributed by atoms with E-state index in [0.717, 1.165) is 11.1 Å². The van der Waals surface area contributed by atoms with E-state index in [0.29, 0.717) is 16.8 Å². The lowest BCUT2D eigenvalue weighted by atomic mass is 10.1. The van der Waals surface area contributed by atoms with Crippen molar-refractivity contribution in [1.29, 1.82) is 5.41 Å². The molecule has 2 aromatic heterocycles. The van der Waals surface area contributed by atoms with Gasteiger partial charge in [-0.1, -0.05) is 30.3 Å². The fraction of sp³-hybridized carbons (Fsp3) is 0.219. The lowest BCUT2D eigenvalue weighted by molar-refractivity contribution is -0.192. The number of nitrogens with one attached hydrogen (secondary N) is 4. The van der Waals surface area contributed by atoms with E-state index in [9.17, 15) is 32.7 Å². The molecule has 0 radical (unpaired) electrons. The van der Waals surface area contributed by atoms with E-state index in [4.69, 9.17) is 25.8 Å². The zero-order valence-electron chi connectivity index (χ0n) is 26.6. The van der Waals surface area contributed by atoms with Crippen LogP contribution in [0, 0.1) is 5.41 Å². The molecule has 18 heteroatoms. The van der Waals surface area contributed by atoms with E-state index >= 15 is 0 Å². The van der Waals surface area contributed by atoms with E-state index < -0.39 is 29.7 Å². The number of alkyl carbamates (subject to hydrolysis) is 1. The Kier molecular flexibility index (Phi) is 13.0. The van der Waals surface area contributed by atoms with Crippen LogP contribution in [0.1, 0.15) is 30.5 Å². The highest BCUT2D eigenvalue weighted by molar-refractivity contribution is 6.04. The molecule has 8 N–H and O–H groups in total. The summed E-state index contributed by atoms with van der Waals surface area (Å²) in [7, 11) is 0. The monoisotopic (exact) mass is 698 g/mol. The number of nitrogens with two attached hydrogens (primary N) is 1. The number of carboxylic acids is 1. The van der Waals surface area contributed by atoms with E-state index in [2.05, 4.69) is 25.9 Å². The number of pyridine rings is 1. The molecule has 0 atom stereocenters. The van der Waals surface area contributed by atoms with Gasteiger partial charge < -0.3 is 31.3 Å². The van der Waals surface area contributed by atoms with Crippen molar-refractivity contribution < 1.29 is 42.5 Å². The van der Waals surface area contributed by atoms with Gasteiger partial charge in [0.15, 0.2) is 5.82 Å². The first kappa shape index (κ1) is 38.0. The first-order valence-electron chi connectivity index (χ1n) is 14.6. The minimum atomic E-state index is -5.08. The Balaban J connectivity index is 0.000000872. The van der Waals surface area contributed by atoms with Gasteiger partial charge in [-0.05, 0) is 37.6 Å². The fourth-order valence-electron chi connectivity index (χ4n) is 4.06. The molecule has 0 aliphatic rings. The van der Waals surface area contributed by atoms with Crippen molar-refractivity contribution >= 4 is 35.3 Å². The second-order valence-electron chi connectivity index (χ2n) is 10.7. The number of ether oxygens (including phenoxy) is 1. The Bertz CT molecular complexity index is 1860. The van der Waals surface area contributed by atoms with Crippen molar-refractivity contribution in [3.8, 4) is 17.0 Å². The Morgan fingerprint density at radius 1 is 1.06 bits per heavy atom. The van der Waals surface area contributed by atoms with Crippen molar-refractivity contribution in [2.45, 2.75) is 45.8 Å². The standard InChI is InChI=1S/C30H32N8O5.C2HF3O2/c1-18(2)36-28-29(41)38(25(15-35-28)22-10-23(31)12-24(39)11-22)16-26(40)34-14-19-5-7-21(8-6-19)27(32)37-30(42)43-17-20-4-3-9-33-13-20;3-2(4,5)1(6)7/h3-13,15,18,39H,14,16-17,31H2,1-2H3,(H,34,40)(H,35,36)(H2,32,37,42);(H,6,7). The molecule has 2 amide bonds. The number of halogens is 3. The molecule has 0 fully saturated rings. The number of alkyl halides is 3. The predicted molar refractivity (Wildman–Crippen MR) is 175 cm³/mol. The normalized spacial score (nSPS) is 10.8. The summed E-state index contributed by atoms with van der Waals surface area (Å²) >= 11 is 0. The SMILES string of the molecule is CC(C)Nc1ncc(-c2cc(N)cc(O)c2)n(CC(=O)NCc2ccc(C(=N)NC(=O)OCc3cccnc3)cc2)c1=O.O=C(O)C(F)(F)F. The summed E-state index contributed by atoms with van der Waals surface area (Å²) in [5.74, 6) is -3.33. The van der Waals surface area contributed by atoms with E-state index in [1.165, 1.54) is 22.9 Å². The quantitative estimate of drug-likeness (QED) is 0.0718. The number of hydrogen-bond acceptors (Lipinski definition) is 11. The average Bonchev–Trinajstić information content (AvgIpc) is 3.04. The number of benzene rings is 2. The number of amides is 2. The topological polar surface area (TPSA) is 235 Å². The number of rotatable bonds is 10. The van der Waals surface area contributed by atoms with Crippen LogP contribution in [-0.2, 0) is 34.0 Å². The van der Waals surface area contributed by atoms with Crippen molar-refractivity contribution in [2.75, 3.05) is 11.1 Å². The summed E-state index contributed by atoms with van der Waals surface area (Å²) in [6.45, 7) is 3.59. The van der Waals surface area contributed by atoms with Gasteiger partial charge in [0, 0.05) is 53.4 Å². The Hall–Kier alpha value is -6.46. The molecule has 15 nitrogen and oxygen atoms in total. The number of phenols is 1. The third-order valence-corrected chi connectivity index (χ3v) is 6.31. The number of carboxylic acid groups (broad SMARTS) is 1. The second kappa shape index (κ2) is 17.1. The van der Waals surface area contributed by atoms with Gasteiger partial charge >= 0.3 is 18.2 Å². The summed E-state index contributed by atoms with van der Waals surface area (Å²) in [6.07, 6.45) is -1.21. The molecule has 4 aromatic rings. The molecular weight excluding hydrogens is 665 g/mol. The van der Waals surface area contributed by atoms with Crippen molar-refractivity contribution in [3.05, 3.63) is 100 Å². The third kappa shape index (κ3) is 11.7. The molecule has 0 aliphatic carbocycles. The first-order chi connectivity index (χ1) is 23.5. The highest BCUT2D eigenvalue weighted by Gasteiger charge is 2.38. The number of amidine groups is 1. The molecule has 2 aromatic carbocycles. The van der Waals surface area contributed by atoms with Gasteiger partial charge in [0.1, 0.15) is 24.7 Å². The molecule has 0 saturated heterocycles. The maximum atomic E-state index is 13.3. The van der Waals surface area contributed by atoms with Crippen LogP contribution in [0.2, 0.25) is 0 Å². The molecule has 0 aliphatic heterocycles. The summed E-state index contributed by atoms with van der Waals surface area (Å²) in [4.78, 5) is 55.4. The number of nitrogens with zero attached hydrogens (tertiary/aromatic N) is 3. The van der Waals surface area contributed by atoms with E-state index in [-0.39, 0.29) is 48.8 Å². The predicted octanol–water partition coefficient (Wildman–Crippen LogP) is 3.61. The minimum absolute atomic E-state index is 0.0239. The van der Waals surface area contributed by atoms with Crippen LogP contribution in [-0.4, -0.2) is 60.8 Å². The molecule has 0 saturated carbocycles. The van der Waals surface area contributed by atoms with Gasteiger partial charge in [0.2, 0.25) is 5.91 Å². The van der Waals surface area contributed by atoms with Crippen LogP contribution in [0.4, 0.5) is 29.5 Å². The molecule has 0 unspecified atom stereocenters. The van der Waals surface area contributed by atoms with E-state index in [1.54, 1.807) is 54.9 Å². The highest BCUT2D eigenvalue weighted by atomic mass is 19.4. The Morgan fingerprint density at radius 3 is 2.32 bits per heavy atom. The lowest BCUT2D eigenvalue weighted by Crippen LogP contribution is -2.35. The largest absolute Gasteiger partial charge is 0.508 e. The lowest BCUT2D eigenvalue weighted by Gasteiger charge is -2.16. The number of aliphatic carboxylic acids is 1. The summed E-state index contributed by atoms with van der Waals surface area (Å²) in [5, 5.41) is 33.4. The number of phenolic OH excluding ortho intramolecular Hbond substituents is 1. The molecule has 50 heavy (non-hydrogen) atoms. The maximum absolute atomic E-state index is 13.3. The Morgan fingerprint density at radius 2 is 1.74 bits per heavy atom. The second-order valence-corrected chi connectivity index (χ2v) is 10.7. The van der Waals surface area contributed by atoms with E-state index in [1.807, 2.05) is 13.8 Å². The van der Waals surface area contributed by atoms with Crippen LogP contribution < -0.4 is 27.2 Å². The maximum Gasteiger partial charge on any atom is 0.490 e.